The quantitative estimate of drug-likeness (QED) is 0.593. The van der Waals surface area contributed by atoms with Gasteiger partial charge in [-0.25, -0.2) is 14.6 Å². The fourth-order valence-electron chi connectivity index (χ4n) is 2.14. The smallest absolute Gasteiger partial charge is 0.328 e. The predicted octanol–water partition coefficient (Wildman–Crippen LogP) is -0.545. The molecule has 0 radical (unpaired) electrons. The van der Waals surface area contributed by atoms with Crippen molar-refractivity contribution in [1.29, 1.82) is 0 Å². The molecule has 0 aliphatic carbocycles. The van der Waals surface area contributed by atoms with Gasteiger partial charge in [0.25, 0.3) is 0 Å². The van der Waals surface area contributed by atoms with Crippen LogP contribution in [0.3, 0.4) is 0 Å². The number of carbonyl (C=O) groups excluding carboxylic acids is 2. The van der Waals surface area contributed by atoms with Crippen molar-refractivity contribution in [2.45, 2.75) is 25.4 Å². The van der Waals surface area contributed by atoms with Crippen molar-refractivity contribution < 1.29 is 19.5 Å². The van der Waals surface area contributed by atoms with E-state index in [2.05, 4.69) is 20.6 Å². The Hall–Kier alpha value is -2.58. The zero-order chi connectivity index (χ0) is 15.4. The largest absolute Gasteiger partial charge is 0.480 e. The van der Waals surface area contributed by atoms with E-state index in [0.29, 0.717) is 12.2 Å². The summed E-state index contributed by atoms with van der Waals surface area (Å²) in [5.74, 6) is -0.955. The third-order valence-electron chi connectivity index (χ3n) is 3.28. The first kappa shape index (κ1) is 14.8. The SMILES string of the molecule is CCC(NC(=O)N1CC(=O)NCC1C(=O)O)c1ncc[nH]1. The number of nitrogens with zero attached hydrogens (tertiary/aromatic N) is 2. The Morgan fingerprint density at radius 3 is 2.95 bits per heavy atom. The molecule has 2 rings (SSSR count). The van der Waals surface area contributed by atoms with Crippen LogP contribution in [0.5, 0.6) is 0 Å². The maximum absolute atomic E-state index is 12.3. The maximum Gasteiger partial charge on any atom is 0.328 e. The lowest BCUT2D eigenvalue weighted by molar-refractivity contribution is -0.144. The zero-order valence-corrected chi connectivity index (χ0v) is 11.5. The van der Waals surface area contributed by atoms with Crippen LogP contribution in [-0.2, 0) is 9.59 Å². The summed E-state index contributed by atoms with van der Waals surface area (Å²) in [5, 5.41) is 14.3. The first-order chi connectivity index (χ1) is 10.0. The molecular formula is C12H17N5O4. The lowest BCUT2D eigenvalue weighted by Gasteiger charge is -2.33. The summed E-state index contributed by atoms with van der Waals surface area (Å²) < 4.78 is 0. The maximum atomic E-state index is 12.3. The number of imidazole rings is 1. The number of hydrogen-bond donors (Lipinski definition) is 4. The number of aliphatic carboxylic acids is 1. The predicted molar refractivity (Wildman–Crippen MR) is 71.3 cm³/mol. The molecule has 3 amide bonds. The molecule has 4 N–H and O–H groups in total. The third-order valence-corrected chi connectivity index (χ3v) is 3.28. The third kappa shape index (κ3) is 3.30. The van der Waals surface area contributed by atoms with Gasteiger partial charge in [-0.1, -0.05) is 6.92 Å². The summed E-state index contributed by atoms with van der Waals surface area (Å²) in [6.07, 6.45) is 3.79. The van der Waals surface area contributed by atoms with Crippen LogP contribution in [0.1, 0.15) is 25.2 Å². The van der Waals surface area contributed by atoms with E-state index in [1.54, 1.807) is 12.4 Å². The molecule has 9 heteroatoms. The Labute approximate surface area is 120 Å². The highest BCUT2D eigenvalue weighted by Gasteiger charge is 2.36. The molecule has 0 spiro atoms. The highest BCUT2D eigenvalue weighted by atomic mass is 16.4. The molecule has 2 heterocycles. The van der Waals surface area contributed by atoms with E-state index in [9.17, 15) is 14.4 Å². The van der Waals surface area contributed by atoms with Gasteiger partial charge in [-0.15, -0.1) is 0 Å². The average molecular weight is 295 g/mol. The number of aromatic nitrogens is 2. The molecule has 0 bridgehead atoms. The molecule has 1 aliphatic heterocycles. The van der Waals surface area contributed by atoms with Gasteiger partial charge in [0, 0.05) is 18.9 Å². The summed E-state index contributed by atoms with van der Waals surface area (Å²) in [5.41, 5.74) is 0. The minimum absolute atomic E-state index is 0.0981. The number of carboxylic acids is 1. The van der Waals surface area contributed by atoms with Gasteiger partial charge in [0.05, 0.1) is 6.04 Å². The molecule has 1 saturated heterocycles. The van der Waals surface area contributed by atoms with Gasteiger partial charge in [-0.3, -0.25) is 9.69 Å². The number of hydrogen-bond acceptors (Lipinski definition) is 4. The van der Waals surface area contributed by atoms with Crippen molar-refractivity contribution in [3.8, 4) is 0 Å². The normalized spacial score (nSPS) is 19.8. The van der Waals surface area contributed by atoms with Crippen LogP contribution in [0.25, 0.3) is 0 Å². The molecule has 9 nitrogen and oxygen atoms in total. The number of piperazine rings is 1. The molecule has 1 aromatic rings. The van der Waals surface area contributed by atoms with Crippen molar-refractivity contribution in [1.82, 2.24) is 25.5 Å². The second-order valence-corrected chi connectivity index (χ2v) is 4.67. The molecule has 2 atom stereocenters. The lowest BCUT2D eigenvalue weighted by atomic mass is 10.2. The first-order valence-corrected chi connectivity index (χ1v) is 6.58. The van der Waals surface area contributed by atoms with Gasteiger partial charge in [0.1, 0.15) is 18.4 Å². The van der Waals surface area contributed by atoms with Crippen LogP contribution in [0, 0.1) is 0 Å². The second kappa shape index (κ2) is 6.25. The molecule has 2 unspecified atom stereocenters. The minimum Gasteiger partial charge on any atom is -0.480 e. The van der Waals surface area contributed by atoms with Gasteiger partial charge < -0.3 is 20.7 Å². The van der Waals surface area contributed by atoms with Crippen LogP contribution in [0.4, 0.5) is 4.79 Å². The van der Waals surface area contributed by atoms with Gasteiger partial charge in [-0.05, 0) is 6.42 Å². The number of carboxylic acid groups (broad SMARTS) is 1. The zero-order valence-electron chi connectivity index (χ0n) is 11.5. The summed E-state index contributed by atoms with van der Waals surface area (Å²) in [6.45, 7) is 1.49. The summed E-state index contributed by atoms with van der Waals surface area (Å²) in [6, 6.07) is -2.04. The van der Waals surface area contributed by atoms with E-state index in [4.69, 9.17) is 5.11 Å². The van der Waals surface area contributed by atoms with Crippen LogP contribution < -0.4 is 10.6 Å². The first-order valence-electron chi connectivity index (χ1n) is 6.58. The summed E-state index contributed by atoms with van der Waals surface area (Å²) >= 11 is 0. The number of carbonyl (C=O) groups is 3. The van der Waals surface area contributed by atoms with Crippen LogP contribution >= 0.6 is 0 Å². The standard InChI is InChI=1S/C12H17N5O4/c1-2-7(10-13-3-4-14-10)16-12(21)17-6-9(18)15-5-8(17)11(19)20/h3-4,7-8H,2,5-6H2,1H3,(H,13,14)(H,15,18)(H,16,21)(H,19,20). The molecule has 1 aliphatic rings. The highest BCUT2D eigenvalue weighted by molar-refractivity contribution is 5.90. The summed E-state index contributed by atoms with van der Waals surface area (Å²) in [7, 11) is 0. The monoisotopic (exact) mass is 295 g/mol. The van der Waals surface area contributed by atoms with Gasteiger partial charge in [0.15, 0.2) is 0 Å². The molecule has 1 aromatic heterocycles. The number of rotatable bonds is 4. The molecule has 21 heavy (non-hydrogen) atoms. The molecule has 0 saturated carbocycles. The van der Waals surface area contributed by atoms with Gasteiger partial charge >= 0.3 is 12.0 Å². The Morgan fingerprint density at radius 1 is 1.62 bits per heavy atom. The van der Waals surface area contributed by atoms with Crippen LogP contribution in [-0.4, -0.2) is 57.0 Å². The van der Waals surface area contributed by atoms with E-state index in [1.165, 1.54) is 0 Å². The van der Waals surface area contributed by atoms with Crippen molar-refractivity contribution in [2.24, 2.45) is 0 Å². The van der Waals surface area contributed by atoms with Gasteiger partial charge in [-0.2, -0.15) is 0 Å². The molecular weight excluding hydrogens is 278 g/mol. The average Bonchev–Trinajstić information content (AvgIpc) is 2.98. The van der Waals surface area contributed by atoms with Crippen molar-refractivity contribution >= 4 is 17.9 Å². The second-order valence-electron chi connectivity index (χ2n) is 4.67. The van der Waals surface area contributed by atoms with E-state index in [0.717, 1.165) is 4.90 Å². The van der Waals surface area contributed by atoms with Crippen LogP contribution in [0.15, 0.2) is 12.4 Å². The topological polar surface area (TPSA) is 127 Å². The fourth-order valence-corrected chi connectivity index (χ4v) is 2.14. The van der Waals surface area contributed by atoms with Crippen LogP contribution in [0.2, 0.25) is 0 Å². The number of urea groups is 1. The number of aromatic amines is 1. The Balaban J connectivity index is 2.09. The van der Waals surface area contributed by atoms with Crippen molar-refractivity contribution in [2.75, 3.05) is 13.1 Å². The van der Waals surface area contributed by atoms with Crippen molar-refractivity contribution in [3.05, 3.63) is 18.2 Å². The number of nitrogens with one attached hydrogen (secondary N) is 3. The van der Waals surface area contributed by atoms with Crippen molar-refractivity contribution in [3.63, 3.8) is 0 Å². The van der Waals surface area contributed by atoms with Gasteiger partial charge in [0.2, 0.25) is 5.91 Å². The van der Waals surface area contributed by atoms with E-state index >= 15 is 0 Å². The van der Waals surface area contributed by atoms with E-state index < -0.39 is 18.0 Å². The molecule has 0 aromatic carbocycles. The minimum atomic E-state index is -1.16. The fraction of sp³-hybridized carbons (Fsp3) is 0.500. The Morgan fingerprint density at radius 2 is 2.38 bits per heavy atom. The van der Waals surface area contributed by atoms with E-state index in [-0.39, 0.29) is 25.0 Å². The molecule has 1 fully saturated rings. The highest BCUT2D eigenvalue weighted by Crippen LogP contribution is 2.13. The number of amides is 3. The lowest BCUT2D eigenvalue weighted by Crippen LogP contribution is -2.61. The van der Waals surface area contributed by atoms with E-state index in [1.807, 2.05) is 6.92 Å². The Bertz CT molecular complexity index is 530. The Kier molecular flexibility index (Phi) is 4.41. The number of H-pyrrole nitrogens is 1. The summed E-state index contributed by atoms with van der Waals surface area (Å²) in [4.78, 5) is 42.8. The molecule has 114 valence electrons.